The molecule has 0 bridgehead atoms. The van der Waals surface area contributed by atoms with Gasteiger partial charge in [0, 0.05) is 18.7 Å². The van der Waals surface area contributed by atoms with E-state index < -0.39 is 0 Å². The van der Waals surface area contributed by atoms with E-state index in [2.05, 4.69) is 15.3 Å². The topological polar surface area (TPSA) is 63.4 Å². The number of nitrogens with zero attached hydrogens (tertiary/aromatic N) is 5. The van der Waals surface area contributed by atoms with E-state index in [1.807, 2.05) is 42.2 Å². The first-order valence-electron chi connectivity index (χ1n) is 8.31. The number of hydrogen-bond acceptors (Lipinski definition) is 4. The molecule has 0 saturated carbocycles. The van der Waals surface area contributed by atoms with E-state index >= 15 is 0 Å². The molecule has 3 heterocycles. The first-order chi connectivity index (χ1) is 11.8. The van der Waals surface area contributed by atoms with Gasteiger partial charge in [0.15, 0.2) is 11.3 Å². The number of fused-ring (bicyclic) bond motifs is 1. The summed E-state index contributed by atoms with van der Waals surface area (Å²) in [6, 6.07) is 9.96. The van der Waals surface area contributed by atoms with E-state index in [0.29, 0.717) is 11.3 Å². The first kappa shape index (κ1) is 14.8. The monoisotopic (exact) mass is 321 g/mol. The van der Waals surface area contributed by atoms with Crippen LogP contribution in [0.15, 0.2) is 36.5 Å². The zero-order chi connectivity index (χ0) is 16.5. The van der Waals surface area contributed by atoms with Crippen molar-refractivity contribution in [1.29, 1.82) is 0 Å². The van der Waals surface area contributed by atoms with Crippen LogP contribution in [0.5, 0.6) is 0 Å². The fraction of sp³-hybridized carbons (Fsp3) is 0.333. The van der Waals surface area contributed by atoms with Crippen LogP contribution in [0.4, 0.5) is 0 Å². The highest BCUT2D eigenvalue weighted by Gasteiger charge is 2.23. The lowest BCUT2D eigenvalue weighted by atomic mass is 10.1. The van der Waals surface area contributed by atoms with Crippen molar-refractivity contribution in [1.82, 2.24) is 24.7 Å². The van der Waals surface area contributed by atoms with Crippen LogP contribution in [-0.4, -0.2) is 43.7 Å². The molecular formula is C18H19N5O. The number of amides is 1. The third-order valence-electron chi connectivity index (χ3n) is 4.58. The number of aryl methyl sites for hydroxylation is 1. The largest absolute Gasteiger partial charge is 0.337 e. The molecule has 24 heavy (non-hydrogen) atoms. The van der Waals surface area contributed by atoms with Crippen LogP contribution in [0.25, 0.3) is 16.8 Å². The average molecular weight is 321 g/mol. The third-order valence-corrected chi connectivity index (χ3v) is 4.58. The number of aromatic nitrogens is 4. The van der Waals surface area contributed by atoms with Crippen LogP contribution >= 0.6 is 0 Å². The van der Waals surface area contributed by atoms with Gasteiger partial charge in [-0.1, -0.05) is 30.3 Å². The number of piperidine rings is 1. The fourth-order valence-electron chi connectivity index (χ4n) is 3.22. The van der Waals surface area contributed by atoms with Gasteiger partial charge in [0.1, 0.15) is 0 Å². The molecule has 1 fully saturated rings. The minimum Gasteiger partial charge on any atom is -0.337 e. The Balaban J connectivity index is 1.75. The molecule has 1 aromatic carbocycles. The van der Waals surface area contributed by atoms with Gasteiger partial charge in [-0.25, -0.2) is 4.52 Å². The predicted molar refractivity (Wildman–Crippen MR) is 90.7 cm³/mol. The Morgan fingerprint density at radius 1 is 1.04 bits per heavy atom. The Bertz CT molecular complexity index is 881. The Hall–Kier alpha value is -2.76. The van der Waals surface area contributed by atoms with Gasteiger partial charge in [0.25, 0.3) is 5.91 Å². The highest BCUT2D eigenvalue weighted by molar-refractivity contribution is 5.93. The molecular weight excluding hydrogens is 302 g/mol. The highest BCUT2D eigenvalue weighted by Crippen LogP contribution is 2.24. The van der Waals surface area contributed by atoms with Gasteiger partial charge in [0.2, 0.25) is 0 Å². The molecule has 0 spiro atoms. The lowest BCUT2D eigenvalue weighted by Gasteiger charge is -2.26. The summed E-state index contributed by atoms with van der Waals surface area (Å²) in [4.78, 5) is 14.6. The Morgan fingerprint density at radius 3 is 2.54 bits per heavy atom. The Kier molecular flexibility index (Phi) is 3.72. The molecule has 0 N–H and O–H groups in total. The Labute approximate surface area is 140 Å². The number of carbonyl (C=O) groups excluding carboxylic acids is 1. The maximum atomic E-state index is 12.7. The van der Waals surface area contributed by atoms with Crippen molar-refractivity contribution in [2.75, 3.05) is 13.1 Å². The standard InChI is InChI=1S/C18H19N5O/c1-13-16(18(24)22-10-6-3-7-11-22)20-21-17-15(12-19-23(13)17)14-8-4-2-5-9-14/h2,4-5,8-9,12H,3,6-7,10-11H2,1H3. The van der Waals surface area contributed by atoms with Crippen molar-refractivity contribution in [2.24, 2.45) is 0 Å². The summed E-state index contributed by atoms with van der Waals surface area (Å²) in [5, 5.41) is 13.0. The summed E-state index contributed by atoms with van der Waals surface area (Å²) < 4.78 is 1.71. The number of rotatable bonds is 2. The van der Waals surface area contributed by atoms with Gasteiger partial charge < -0.3 is 4.90 Å². The van der Waals surface area contributed by atoms with Gasteiger partial charge in [-0.3, -0.25) is 4.79 Å². The number of benzene rings is 1. The van der Waals surface area contributed by atoms with Crippen molar-refractivity contribution in [3.8, 4) is 11.1 Å². The molecule has 6 heteroatoms. The van der Waals surface area contributed by atoms with Crippen LogP contribution in [0, 0.1) is 6.92 Å². The molecule has 1 amide bonds. The summed E-state index contributed by atoms with van der Waals surface area (Å²) in [7, 11) is 0. The molecule has 3 aromatic rings. The van der Waals surface area contributed by atoms with Gasteiger partial charge in [-0.2, -0.15) is 5.10 Å². The molecule has 0 atom stereocenters. The highest BCUT2D eigenvalue weighted by atomic mass is 16.2. The normalized spacial score (nSPS) is 15.0. The van der Waals surface area contributed by atoms with E-state index in [4.69, 9.17) is 0 Å². The van der Waals surface area contributed by atoms with Gasteiger partial charge in [0.05, 0.1) is 11.9 Å². The average Bonchev–Trinajstić information content (AvgIpc) is 3.08. The van der Waals surface area contributed by atoms with E-state index in [1.54, 1.807) is 10.7 Å². The van der Waals surface area contributed by atoms with Gasteiger partial charge in [-0.05, 0) is 31.7 Å². The number of carbonyl (C=O) groups is 1. The van der Waals surface area contributed by atoms with Gasteiger partial charge in [-0.15, -0.1) is 10.2 Å². The summed E-state index contributed by atoms with van der Waals surface area (Å²) >= 11 is 0. The molecule has 1 aliphatic heterocycles. The molecule has 6 nitrogen and oxygen atoms in total. The van der Waals surface area contributed by atoms with Crippen molar-refractivity contribution in [3.05, 3.63) is 47.9 Å². The second-order valence-corrected chi connectivity index (χ2v) is 6.15. The molecule has 4 rings (SSSR count). The van der Waals surface area contributed by atoms with E-state index in [1.165, 1.54) is 6.42 Å². The SMILES string of the molecule is Cc1c(C(=O)N2CCCCC2)nnc2c(-c3ccccc3)cnn12. The third kappa shape index (κ3) is 2.44. The molecule has 1 saturated heterocycles. The van der Waals surface area contributed by atoms with E-state index in [9.17, 15) is 4.79 Å². The van der Waals surface area contributed by atoms with Crippen LogP contribution in [0.1, 0.15) is 35.4 Å². The summed E-state index contributed by atoms with van der Waals surface area (Å²) in [5.41, 5.74) is 3.76. The van der Waals surface area contributed by atoms with Crippen molar-refractivity contribution >= 4 is 11.6 Å². The number of likely N-dealkylation sites (tertiary alicyclic amines) is 1. The predicted octanol–water partition coefficient (Wildman–Crippen LogP) is 2.73. The molecule has 2 aromatic heterocycles. The molecule has 0 unspecified atom stereocenters. The molecule has 0 aliphatic carbocycles. The Morgan fingerprint density at radius 2 is 1.79 bits per heavy atom. The van der Waals surface area contributed by atoms with Crippen molar-refractivity contribution in [3.63, 3.8) is 0 Å². The summed E-state index contributed by atoms with van der Waals surface area (Å²) in [5.74, 6) is -0.0432. The maximum Gasteiger partial charge on any atom is 0.276 e. The molecule has 122 valence electrons. The minimum absolute atomic E-state index is 0.0432. The minimum atomic E-state index is -0.0432. The molecule has 1 aliphatic rings. The quantitative estimate of drug-likeness (QED) is 0.728. The zero-order valence-electron chi connectivity index (χ0n) is 13.6. The van der Waals surface area contributed by atoms with Crippen molar-refractivity contribution in [2.45, 2.75) is 26.2 Å². The van der Waals surface area contributed by atoms with Crippen LogP contribution < -0.4 is 0 Å². The van der Waals surface area contributed by atoms with E-state index in [-0.39, 0.29) is 5.91 Å². The van der Waals surface area contributed by atoms with E-state index in [0.717, 1.165) is 42.8 Å². The molecule has 0 radical (unpaired) electrons. The fourth-order valence-corrected chi connectivity index (χ4v) is 3.22. The second-order valence-electron chi connectivity index (χ2n) is 6.15. The lowest BCUT2D eigenvalue weighted by Crippen LogP contribution is -2.37. The first-order valence-corrected chi connectivity index (χ1v) is 8.31. The summed E-state index contributed by atoms with van der Waals surface area (Å²) in [6.07, 6.45) is 5.08. The van der Waals surface area contributed by atoms with Crippen molar-refractivity contribution < 1.29 is 4.79 Å². The second kappa shape index (κ2) is 6.03. The summed E-state index contributed by atoms with van der Waals surface area (Å²) in [6.45, 7) is 3.47. The van der Waals surface area contributed by atoms with Gasteiger partial charge >= 0.3 is 0 Å². The smallest absolute Gasteiger partial charge is 0.276 e. The maximum absolute atomic E-state index is 12.7. The van der Waals surface area contributed by atoms with Crippen LogP contribution in [0.2, 0.25) is 0 Å². The van der Waals surface area contributed by atoms with Crippen LogP contribution in [-0.2, 0) is 0 Å². The zero-order valence-corrected chi connectivity index (χ0v) is 13.6. The van der Waals surface area contributed by atoms with Crippen LogP contribution in [0.3, 0.4) is 0 Å². The lowest BCUT2D eigenvalue weighted by molar-refractivity contribution is 0.0715. The number of hydrogen-bond donors (Lipinski definition) is 0.